The maximum atomic E-state index is 12.3. The number of benzene rings is 1. The number of carbonyl (C=O) groups excluding carboxylic acids is 1. The summed E-state index contributed by atoms with van der Waals surface area (Å²) in [5, 5.41) is 10.3. The van der Waals surface area contributed by atoms with Crippen molar-refractivity contribution in [3.05, 3.63) is 41.3 Å². The Kier molecular flexibility index (Phi) is 3.09. The first-order chi connectivity index (χ1) is 9.90. The third-order valence-corrected chi connectivity index (χ3v) is 5.35. The normalized spacial score (nSPS) is 26.6. The quantitative estimate of drug-likeness (QED) is 0.834. The van der Waals surface area contributed by atoms with Gasteiger partial charge in [-0.3, -0.25) is 4.79 Å². The number of fused-ring (bicyclic) bond motifs is 1. The molecule has 110 valence electrons. The minimum absolute atomic E-state index is 0.113. The molecule has 2 aliphatic heterocycles. The lowest BCUT2D eigenvalue weighted by atomic mass is 10.0. The van der Waals surface area contributed by atoms with Crippen molar-refractivity contribution >= 4 is 21.7 Å². The van der Waals surface area contributed by atoms with Crippen LogP contribution in [0.5, 0.6) is 0 Å². The summed E-state index contributed by atoms with van der Waals surface area (Å²) in [6, 6.07) is 6.47. The summed E-state index contributed by atoms with van der Waals surface area (Å²) in [6.45, 7) is 0. The van der Waals surface area contributed by atoms with Gasteiger partial charge in [0.15, 0.2) is 15.9 Å². The zero-order valence-electron chi connectivity index (χ0n) is 11.0. The number of carbonyl (C=O) groups is 2. The monoisotopic (exact) mass is 307 g/mol. The van der Waals surface area contributed by atoms with Crippen LogP contribution >= 0.6 is 0 Å². The molecule has 0 aromatic heterocycles. The van der Waals surface area contributed by atoms with Crippen LogP contribution in [0.15, 0.2) is 46.2 Å². The van der Waals surface area contributed by atoms with Crippen molar-refractivity contribution in [1.82, 2.24) is 4.90 Å². The van der Waals surface area contributed by atoms with E-state index >= 15 is 0 Å². The van der Waals surface area contributed by atoms with Gasteiger partial charge in [0.1, 0.15) is 0 Å². The molecule has 2 unspecified atom stereocenters. The van der Waals surface area contributed by atoms with Crippen molar-refractivity contribution in [3.63, 3.8) is 0 Å². The summed E-state index contributed by atoms with van der Waals surface area (Å²) in [6.07, 6.45) is 0.585. The molecule has 6 nitrogen and oxygen atoms in total. The van der Waals surface area contributed by atoms with Gasteiger partial charge in [-0.2, -0.15) is 0 Å². The molecular weight excluding hydrogens is 294 g/mol. The molecule has 1 aromatic rings. The molecule has 1 aromatic carbocycles. The number of amides is 1. The van der Waals surface area contributed by atoms with E-state index < -0.39 is 21.8 Å². The van der Waals surface area contributed by atoms with E-state index in [1.165, 1.54) is 17.0 Å². The standard InChI is InChI=1S/C14H13NO5S/c16-12-7-10-6-9(13(14(17)18)15(10)12)8-21(19,20)11-4-2-1-3-5-11/h1-5,8,10,13H,6-7H2,(H,17,18). The van der Waals surface area contributed by atoms with E-state index in [1.807, 2.05) is 0 Å². The predicted molar refractivity (Wildman–Crippen MR) is 73.0 cm³/mol. The van der Waals surface area contributed by atoms with Gasteiger partial charge < -0.3 is 10.0 Å². The number of rotatable bonds is 3. The van der Waals surface area contributed by atoms with Crippen LogP contribution in [0.1, 0.15) is 12.8 Å². The van der Waals surface area contributed by atoms with Crippen LogP contribution in [-0.4, -0.2) is 42.4 Å². The first-order valence-electron chi connectivity index (χ1n) is 6.45. The second-order valence-corrected chi connectivity index (χ2v) is 6.95. The first kappa shape index (κ1) is 13.8. The molecule has 1 amide bonds. The Morgan fingerprint density at radius 1 is 1.24 bits per heavy atom. The fourth-order valence-electron chi connectivity index (χ4n) is 2.85. The number of carboxylic acids is 1. The molecule has 21 heavy (non-hydrogen) atoms. The van der Waals surface area contributed by atoms with Crippen LogP contribution in [0.2, 0.25) is 0 Å². The zero-order valence-corrected chi connectivity index (χ0v) is 11.8. The number of hydrogen-bond donors (Lipinski definition) is 1. The number of nitrogens with zero attached hydrogens (tertiary/aromatic N) is 1. The SMILES string of the molecule is O=C(O)C1C(=CS(=O)(=O)c2ccccc2)CC2CC(=O)N21. The van der Waals surface area contributed by atoms with Gasteiger partial charge in [-0.05, 0) is 24.1 Å². The van der Waals surface area contributed by atoms with Gasteiger partial charge in [0.05, 0.1) is 4.90 Å². The highest BCUT2D eigenvalue weighted by molar-refractivity contribution is 7.94. The first-order valence-corrected chi connectivity index (χ1v) is 7.99. The number of aliphatic carboxylic acids is 1. The van der Waals surface area contributed by atoms with E-state index in [1.54, 1.807) is 18.2 Å². The lowest BCUT2D eigenvalue weighted by molar-refractivity contribution is -0.155. The minimum Gasteiger partial charge on any atom is -0.479 e. The Morgan fingerprint density at radius 3 is 2.48 bits per heavy atom. The molecule has 7 heteroatoms. The van der Waals surface area contributed by atoms with Gasteiger partial charge in [0.25, 0.3) is 0 Å². The number of β-lactam (4-membered cyclic amide) rings is 1. The van der Waals surface area contributed by atoms with Crippen LogP contribution in [0.25, 0.3) is 0 Å². The molecule has 0 bridgehead atoms. The van der Waals surface area contributed by atoms with Gasteiger partial charge in [0, 0.05) is 17.9 Å². The summed E-state index contributed by atoms with van der Waals surface area (Å²) < 4.78 is 24.6. The fourth-order valence-corrected chi connectivity index (χ4v) is 4.15. The topological polar surface area (TPSA) is 91.7 Å². The average molecular weight is 307 g/mol. The largest absolute Gasteiger partial charge is 0.479 e. The summed E-state index contributed by atoms with van der Waals surface area (Å²) >= 11 is 0. The highest BCUT2D eigenvalue weighted by atomic mass is 32.2. The van der Waals surface area contributed by atoms with E-state index in [0.717, 1.165) is 5.41 Å². The Morgan fingerprint density at radius 2 is 1.90 bits per heavy atom. The third kappa shape index (κ3) is 2.23. The lowest BCUT2D eigenvalue weighted by Crippen LogP contribution is -2.54. The van der Waals surface area contributed by atoms with Crippen molar-refractivity contribution in [2.24, 2.45) is 0 Å². The Hall–Kier alpha value is -2.15. The molecule has 2 saturated heterocycles. The van der Waals surface area contributed by atoms with Gasteiger partial charge >= 0.3 is 5.97 Å². The molecule has 2 atom stereocenters. The van der Waals surface area contributed by atoms with Crippen LogP contribution in [0.4, 0.5) is 0 Å². The van der Waals surface area contributed by atoms with Gasteiger partial charge in [-0.15, -0.1) is 0 Å². The van der Waals surface area contributed by atoms with E-state index in [4.69, 9.17) is 0 Å². The van der Waals surface area contributed by atoms with E-state index in [-0.39, 0.29) is 28.8 Å². The van der Waals surface area contributed by atoms with E-state index in [2.05, 4.69) is 0 Å². The number of carboxylic acid groups (broad SMARTS) is 1. The van der Waals surface area contributed by atoms with Crippen LogP contribution in [-0.2, 0) is 19.4 Å². The van der Waals surface area contributed by atoms with E-state index in [9.17, 15) is 23.1 Å². The lowest BCUT2D eigenvalue weighted by Gasteiger charge is -2.36. The van der Waals surface area contributed by atoms with Gasteiger partial charge in [-0.1, -0.05) is 18.2 Å². The predicted octanol–water partition coefficient (Wildman–Crippen LogP) is 0.802. The Balaban J connectivity index is 1.99. The summed E-state index contributed by atoms with van der Waals surface area (Å²) in [5.41, 5.74) is 0.266. The molecule has 3 rings (SSSR count). The maximum absolute atomic E-state index is 12.3. The zero-order chi connectivity index (χ0) is 15.2. The van der Waals surface area contributed by atoms with Crippen molar-refractivity contribution in [2.45, 2.75) is 29.8 Å². The second-order valence-electron chi connectivity index (χ2n) is 5.15. The molecule has 0 spiro atoms. The summed E-state index contributed by atoms with van der Waals surface area (Å²) in [4.78, 5) is 24.2. The highest BCUT2D eigenvalue weighted by Crippen LogP contribution is 2.39. The van der Waals surface area contributed by atoms with Gasteiger partial charge in [0.2, 0.25) is 5.91 Å². The summed E-state index contributed by atoms with van der Waals surface area (Å²) in [7, 11) is -3.71. The maximum Gasteiger partial charge on any atom is 0.330 e. The van der Waals surface area contributed by atoms with Crippen LogP contribution < -0.4 is 0 Å². The Labute approximate surface area is 121 Å². The average Bonchev–Trinajstić information content (AvgIpc) is 2.72. The smallest absolute Gasteiger partial charge is 0.330 e. The highest BCUT2D eigenvalue weighted by Gasteiger charge is 2.51. The van der Waals surface area contributed by atoms with Crippen LogP contribution in [0.3, 0.4) is 0 Å². The van der Waals surface area contributed by atoms with Crippen molar-refractivity contribution in [3.8, 4) is 0 Å². The fraction of sp³-hybridized carbons (Fsp3) is 0.286. The minimum atomic E-state index is -3.71. The third-order valence-electron chi connectivity index (χ3n) is 3.80. The summed E-state index contributed by atoms with van der Waals surface area (Å²) in [5.74, 6) is -1.44. The molecule has 2 fully saturated rings. The van der Waals surface area contributed by atoms with Crippen molar-refractivity contribution in [2.75, 3.05) is 0 Å². The number of hydrogen-bond acceptors (Lipinski definition) is 4. The molecule has 2 aliphatic rings. The van der Waals surface area contributed by atoms with E-state index in [0.29, 0.717) is 6.42 Å². The molecule has 0 saturated carbocycles. The molecule has 2 heterocycles. The molecule has 1 N–H and O–H groups in total. The van der Waals surface area contributed by atoms with Crippen molar-refractivity contribution in [1.29, 1.82) is 0 Å². The van der Waals surface area contributed by atoms with Gasteiger partial charge in [-0.25, -0.2) is 13.2 Å². The molecule has 0 aliphatic carbocycles. The molecule has 0 radical (unpaired) electrons. The second kappa shape index (κ2) is 4.70. The Bertz CT molecular complexity index is 738. The number of sulfone groups is 1. The van der Waals surface area contributed by atoms with Crippen molar-refractivity contribution < 1.29 is 23.1 Å². The van der Waals surface area contributed by atoms with Crippen LogP contribution in [0, 0.1) is 0 Å². The molecular formula is C14H13NO5S.